The summed E-state index contributed by atoms with van der Waals surface area (Å²) in [6.07, 6.45) is 0. The highest BCUT2D eigenvalue weighted by molar-refractivity contribution is 14.1. The minimum Gasteiger partial charge on any atom is -0.464 e. The molecule has 0 aliphatic carbocycles. The molecule has 2 aliphatic rings. The van der Waals surface area contributed by atoms with Crippen molar-refractivity contribution < 1.29 is 23.9 Å². The van der Waals surface area contributed by atoms with Crippen LogP contribution in [0.5, 0.6) is 0 Å². The maximum absolute atomic E-state index is 12.8. The molecular weight excluding hydrogens is 429 g/mol. The summed E-state index contributed by atoms with van der Waals surface area (Å²) in [5.41, 5.74) is 0.150. The third kappa shape index (κ3) is 2.39. The van der Waals surface area contributed by atoms with Gasteiger partial charge in [-0.05, 0) is 46.9 Å². The van der Waals surface area contributed by atoms with Gasteiger partial charge in [0.15, 0.2) is 11.8 Å². The smallest absolute Gasteiger partial charge is 0.355 e. The number of nitrogens with zero attached hydrogens (tertiary/aromatic N) is 3. The van der Waals surface area contributed by atoms with Crippen molar-refractivity contribution in [2.75, 3.05) is 12.0 Å². The molecule has 1 aromatic carbocycles. The Bertz CT molecular complexity index is 789. The van der Waals surface area contributed by atoms with Crippen molar-refractivity contribution in [3.8, 4) is 0 Å². The van der Waals surface area contributed by atoms with Gasteiger partial charge in [0.2, 0.25) is 11.8 Å². The van der Waals surface area contributed by atoms with Gasteiger partial charge in [-0.25, -0.2) is 14.7 Å². The molecular formula is C15H12IN3O5. The summed E-state index contributed by atoms with van der Waals surface area (Å²) >= 11 is 2.10. The Hall–Kier alpha value is -2.30. The molecule has 24 heavy (non-hydrogen) atoms. The minimum atomic E-state index is -1.15. The Labute approximate surface area is 150 Å². The Balaban J connectivity index is 2.05. The molecule has 2 aliphatic heterocycles. The van der Waals surface area contributed by atoms with Crippen LogP contribution in [0.4, 0.5) is 5.69 Å². The number of methoxy groups -OCH3 is 1. The quantitative estimate of drug-likeness (QED) is 0.379. The van der Waals surface area contributed by atoms with Gasteiger partial charge < -0.3 is 4.74 Å². The number of anilines is 1. The number of hydrogen-bond acceptors (Lipinski definition) is 6. The molecule has 1 saturated heterocycles. The highest BCUT2D eigenvalue weighted by Crippen LogP contribution is 2.35. The molecule has 0 N–H and O–H groups in total. The molecule has 0 aromatic heterocycles. The van der Waals surface area contributed by atoms with E-state index in [0.29, 0.717) is 5.69 Å². The fourth-order valence-corrected chi connectivity index (χ4v) is 3.15. The van der Waals surface area contributed by atoms with Crippen LogP contribution in [0, 0.1) is 9.49 Å². The van der Waals surface area contributed by atoms with Crippen LogP contribution >= 0.6 is 22.6 Å². The number of halogens is 1. The summed E-state index contributed by atoms with van der Waals surface area (Å²) in [5.74, 6) is -3.70. The second-order valence-electron chi connectivity index (χ2n) is 5.25. The summed E-state index contributed by atoms with van der Waals surface area (Å²) in [4.78, 5) is 50.1. The van der Waals surface area contributed by atoms with Crippen molar-refractivity contribution in [2.45, 2.75) is 13.0 Å². The van der Waals surface area contributed by atoms with Crippen molar-refractivity contribution in [3.05, 3.63) is 27.8 Å². The Morgan fingerprint density at radius 1 is 1.17 bits per heavy atom. The number of hydrogen-bond donors (Lipinski definition) is 0. The van der Waals surface area contributed by atoms with Crippen molar-refractivity contribution in [3.63, 3.8) is 0 Å². The molecule has 0 unspecified atom stereocenters. The molecule has 1 fully saturated rings. The molecule has 1 aromatic rings. The van der Waals surface area contributed by atoms with Crippen LogP contribution in [0.2, 0.25) is 0 Å². The summed E-state index contributed by atoms with van der Waals surface area (Å²) in [5, 5.41) is 4.72. The number of esters is 1. The van der Waals surface area contributed by atoms with Gasteiger partial charge >= 0.3 is 5.97 Å². The Kier molecular flexibility index (Phi) is 4.11. The van der Waals surface area contributed by atoms with E-state index in [-0.39, 0.29) is 5.71 Å². The van der Waals surface area contributed by atoms with Crippen molar-refractivity contribution >= 4 is 57.7 Å². The summed E-state index contributed by atoms with van der Waals surface area (Å²) in [7, 11) is 1.15. The predicted molar refractivity (Wildman–Crippen MR) is 90.9 cm³/mol. The van der Waals surface area contributed by atoms with Crippen LogP contribution in [0.1, 0.15) is 6.92 Å². The number of benzene rings is 1. The molecule has 9 heteroatoms. The average Bonchev–Trinajstić information content (AvgIpc) is 3.06. The zero-order valence-corrected chi connectivity index (χ0v) is 14.9. The van der Waals surface area contributed by atoms with E-state index in [1.54, 1.807) is 24.3 Å². The van der Waals surface area contributed by atoms with E-state index < -0.39 is 35.7 Å². The molecule has 3 amide bonds. The van der Waals surface area contributed by atoms with E-state index in [1.807, 2.05) is 0 Å². The molecule has 0 radical (unpaired) electrons. The summed E-state index contributed by atoms with van der Waals surface area (Å²) in [6.45, 7) is 1.21. The fourth-order valence-electron chi connectivity index (χ4n) is 2.79. The standard InChI is InChI=1S/C15H12IN3O5/c1-7(20)19-12-10(11(17-19)15(23)24-2)13(21)18(14(12)22)9-5-3-8(16)4-6-9/h3-6,10,12H,1-2H3/t10-,12-/m0/s1. The largest absolute Gasteiger partial charge is 0.464 e. The van der Waals surface area contributed by atoms with Crippen LogP contribution in [0.15, 0.2) is 29.4 Å². The van der Waals surface area contributed by atoms with Gasteiger partial charge in [-0.3, -0.25) is 14.4 Å². The first-order valence-corrected chi connectivity index (χ1v) is 8.04. The molecule has 0 bridgehead atoms. The lowest BCUT2D eigenvalue weighted by atomic mass is 9.98. The monoisotopic (exact) mass is 441 g/mol. The van der Waals surface area contributed by atoms with Crippen LogP contribution in [0.25, 0.3) is 0 Å². The first-order chi connectivity index (χ1) is 11.4. The zero-order chi connectivity index (χ0) is 17.6. The number of ether oxygens (including phenoxy) is 1. The van der Waals surface area contributed by atoms with Gasteiger partial charge in [-0.2, -0.15) is 5.10 Å². The maximum atomic E-state index is 12.8. The second kappa shape index (κ2) is 5.96. The SMILES string of the molecule is COC(=O)C1=NN(C(C)=O)[C@@H]2C(=O)N(c3ccc(I)cc3)C(=O)[C@@H]12. The topological polar surface area (TPSA) is 96.3 Å². The Morgan fingerprint density at radius 2 is 1.79 bits per heavy atom. The third-order valence-corrected chi connectivity index (χ3v) is 4.57. The lowest BCUT2D eigenvalue weighted by Crippen LogP contribution is -2.41. The van der Waals surface area contributed by atoms with Crippen LogP contribution in [-0.4, -0.2) is 47.6 Å². The number of amides is 3. The molecule has 0 saturated carbocycles. The van der Waals surface area contributed by atoms with E-state index in [9.17, 15) is 19.2 Å². The summed E-state index contributed by atoms with van der Waals surface area (Å²) in [6, 6.07) is 5.62. The van der Waals surface area contributed by atoms with Crippen LogP contribution in [0.3, 0.4) is 0 Å². The number of fused-ring (bicyclic) bond motifs is 1. The van der Waals surface area contributed by atoms with Gasteiger partial charge in [0, 0.05) is 10.5 Å². The highest BCUT2D eigenvalue weighted by Gasteiger charge is 2.59. The minimum absolute atomic E-state index is 0.232. The van der Waals surface area contributed by atoms with E-state index >= 15 is 0 Å². The fraction of sp³-hybridized carbons (Fsp3) is 0.267. The molecule has 8 nitrogen and oxygen atoms in total. The van der Waals surface area contributed by atoms with Gasteiger partial charge in [0.05, 0.1) is 12.8 Å². The lowest BCUT2D eigenvalue weighted by molar-refractivity contribution is -0.136. The molecule has 124 valence electrons. The van der Waals surface area contributed by atoms with Crippen LogP contribution in [-0.2, 0) is 23.9 Å². The predicted octanol–water partition coefficient (Wildman–Crippen LogP) is 0.540. The van der Waals surface area contributed by atoms with E-state index in [0.717, 1.165) is 20.6 Å². The number of hydrazone groups is 1. The van der Waals surface area contributed by atoms with Crippen molar-refractivity contribution in [2.24, 2.45) is 11.0 Å². The number of imide groups is 1. The number of rotatable bonds is 2. The van der Waals surface area contributed by atoms with Gasteiger partial charge in [0.25, 0.3) is 5.91 Å². The first-order valence-electron chi connectivity index (χ1n) is 6.96. The van der Waals surface area contributed by atoms with E-state index in [4.69, 9.17) is 0 Å². The lowest BCUT2D eigenvalue weighted by Gasteiger charge is -2.19. The molecule has 2 heterocycles. The molecule has 0 spiro atoms. The van der Waals surface area contributed by atoms with Crippen molar-refractivity contribution in [1.82, 2.24) is 5.01 Å². The average molecular weight is 441 g/mol. The second-order valence-corrected chi connectivity index (χ2v) is 6.50. The van der Waals surface area contributed by atoms with E-state index in [2.05, 4.69) is 32.4 Å². The maximum Gasteiger partial charge on any atom is 0.355 e. The zero-order valence-electron chi connectivity index (χ0n) is 12.7. The summed E-state index contributed by atoms with van der Waals surface area (Å²) < 4.78 is 5.56. The first kappa shape index (κ1) is 16.6. The number of carbonyl (C=O) groups is 4. The van der Waals surface area contributed by atoms with Gasteiger partial charge in [-0.1, -0.05) is 0 Å². The van der Waals surface area contributed by atoms with Crippen LogP contribution < -0.4 is 4.90 Å². The normalized spacial score (nSPS) is 22.5. The highest BCUT2D eigenvalue weighted by atomic mass is 127. The van der Waals surface area contributed by atoms with Crippen molar-refractivity contribution in [1.29, 1.82) is 0 Å². The van der Waals surface area contributed by atoms with E-state index in [1.165, 1.54) is 6.92 Å². The van der Waals surface area contributed by atoms with Gasteiger partial charge in [0.1, 0.15) is 5.92 Å². The third-order valence-electron chi connectivity index (χ3n) is 3.85. The Morgan fingerprint density at radius 3 is 2.33 bits per heavy atom. The number of carbonyl (C=O) groups excluding carboxylic acids is 4. The van der Waals surface area contributed by atoms with Gasteiger partial charge in [-0.15, -0.1) is 0 Å². The molecule has 3 rings (SSSR count). The molecule has 2 atom stereocenters.